The molecular weight excluding hydrogens is 250 g/mol. The zero-order valence-electron chi connectivity index (χ0n) is 9.19. The van der Waals surface area contributed by atoms with Crippen LogP contribution in [0.3, 0.4) is 0 Å². The number of carbonyl (C=O) groups excluding carboxylic acids is 2. The molecule has 92 valence electrons. The molecule has 0 amide bonds. The van der Waals surface area contributed by atoms with E-state index in [9.17, 15) is 9.59 Å². The molecule has 0 bridgehead atoms. The fraction of sp³-hybridized carbons (Fsp3) is 0.333. The van der Waals surface area contributed by atoms with Gasteiger partial charge in [0.25, 0.3) is 0 Å². The largest absolute Gasteiger partial charge is 0.468 e. The molecule has 0 saturated heterocycles. The third-order valence-corrected chi connectivity index (χ3v) is 1.90. The average molecular weight is 260 g/mol. The topological polar surface area (TPSA) is 90.4 Å². The molecule has 0 aliphatic heterocycles. The highest BCUT2D eigenvalue weighted by Gasteiger charge is 2.11. The lowest BCUT2D eigenvalue weighted by atomic mass is 10.4. The van der Waals surface area contributed by atoms with E-state index >= 15 is 0 Å². The maximum atomic E-state index is 11.2. The van der Waals surface area contributed by atoms with Gasteiger partial charge >= 0.3 is 11.9 Å². The number of carbonyl (C=O) groups is 2. The Balaban J connectivity index is 2.82. The summed E-state index contributed by atoms with van der Waals surface area (Å²) in [6.45, 7) is -0.0928. The lowest BCUT2D eigenvalue weighted by molar-refractivity contribution is -0.138. The molecule has 1 aromatic heterocycles. The van der Waals surface area contributed by atoms with Crippen molar-refractivity contribution in [2.45, 2.75) is 0 Å². The van der Waals surface area contributed by atoms with Gasteiger partial charge in [0.05, 0.1) is 14.2 Å². The Hall–Kier alpha value is -1.89. The molecule has 1 heterocycles. The summed E-state index contributed by atoms with van der Waals surface area (Å²) in [4.78, 5) is 29.6. The fourth-order valence-corrected chi connectivity index (χ4v) is 1.13. The molecule has 0 aromatic carbocycles. The molecule has 1 rings (SSSR count). The standard InChI is InChI=1S/C9H10ClN3O4/c1-16-7(14)4-11-6-3-5(8(15)17-2)12-9(10)13-6/h3H,4H2,1-2H3,(H,11,12,13). The molecule has 0 unspecified atom stereocenters. The molecule has 0 fully saturated rings. The number of hydrogen-bond acceptors (Lipinski definition) is 7. The van der Waals surface area contributed by atoms with Gasteiger partial charge in [0.2, 0.25) is 5.28 Å². The Morgan fingerprint density at radius 2 is 2.06 bits per heavy atom. The van der Waals surface area contributed by atoms with E-state index in [0.717, 1.165) is 0 Å². The predicted molar refractivity (Wildman–Crippen MR) is 58.9 cm³/mol. The smallest absolute Gasteiger partial charge is 0.356 e. The third kappa shape index (κ3) is 3.87. The van der Waals surface area contributed by atoms with Gasteiger partial charge in [0, 0.05) is 6.07 Å². The van der Waals surface area contributed by atoms with Crippen LogP contribution in [0.25, 0.3) is 0 Å². The quantitative estimate of drug-likeness (QED) is 0.622. The second kappa shape index (κ2) is 6.00. The van der Waals surface area contributed by atoms with Gasteiger partial charge in [0.15, 0.2) is 5.69 Å². The van der Waals surface area contributed by atoms with Crippen molar-refractivity contribution in [1.29, 1.82) is 0 Å². The molecule has 0 spiro atoms. The summed E-state index contributed by atoms with van der Waals surface area (Å²) in [6, 6.07) is 1.32. The van der Waals surface area contributed by atoms with E-state index in [4.69, 9.17) is 11.6 Å². The zero-order chi connectivity index (χ0) is 12.8. The lowest BCUT2D eigenvalue weighted by Gasteiger charge is -2.05. The van der Waals surface area contributed by atoms with Crippen LogP contribution in [-0.4, -0.2) is 42.7 Å². The van der Waals surface area contributed by atoms with Gasteiger partial charge in [-0.05, 0) is 11.6 Å². The summed E-state index contributed by atoms with van der Waals surface area (Å²) >= 11 is 5.61. The van der Waals surface area contributed by atoms with E-state index in [1.54, 1.807) is 0 Å². The highest BCUT2D eigenvalue weighted by Crippen LogP contribution is 2.11. The maximum absolute atomic E-state index is 11.2. The first-order valence-electron chi connectivity index (χ1n) is 4.50. The number of methoxy groups -OCH3 is 2. The van der Waals surface area contributed by atoms with Crippen LogP contribution in [-0.2, 0) is 14.3 Å². The summed E-state index contributed by atoms with van der Waals surface area (Å²) in [7, 11) is 2.48. The van der Waals surface area contributed by atoms with Crippen molar-refractivity contribution >= 4 is 29.4 Å². The summed E-state index contributed by atoms with van der Waals surface area (Å²) in [5.41, 5.74) is -0.000124. The van der Waals surface area contributed by atoms with Crippen molar-refractivity contribution in [3.63, 3.8) is 0 Å². The van der Waals surface area contributed by atoms with Crippen molar-refractivity contribution < 1.29 is 19.1 Å². The van der Waals surface area contributed by atoms with Gasteiger partial charge in [-0.15, -0.1) is 0 Å². The molecule has 0 atom stereocenters. The molecule has 8 heteroatoms. The van der Waals surface area contributed by atoms with Crippen LogP contribution in [0.1, 0.15) is 10.5 Å². The highest BCUT2D eigenvalue weighted by molar-refractivity contribution is 6.28. The minimum absolute atomic E-state index is 0.000124. The van der Waals surface area contributed by atoms with Gasteiger partial charge < -0.3 is 14.8 Å². The van der Waals surface area contributed by atoms with Crippen molar-refractivity contribution in [3.05, 3.63) is 17.0 Å². The van der Waals surface area contributed by atoms with Gasteiger partial charge in [0.1, 0.15) is 12.4 Å². The Morgan fingerprint density at radius 1 is 1.35 bits per heavy atom. The van der Waals surface area contributed by atoms with Gasteiger partial charge in [-0.1, -0.05) is 0 Å². The van der Waals surface area contributed by atoms with E-state index in [-0.39, 0.29) is 23.3 Å². The lowest BCUT2D eigenvalue weighted by Crippen LogP contribution is -2.16. The van der Waals surface area contributed by atoms with Crippen LogP contribution < -0.4 is 5.32 Å². The minimum atomic E-state index is -0.643. The second-order valence-electron chi connectivity index (χ2n) is 2.83. The first-order chi connectivity index (χ1) is 8.06. The predicted octanol–water partition coefficient (Wildman–Crippen LogP) is 0.501. The molecule has 0 aliphatic rings. The van der Waals surface area contributed by atoms with Crippen LogP contribution in [0.4, 0.5) is 5.82 Å². The van der Waals surface area contributed by atoms with E-state index in [0.29, 0.717) is 0 Å². The Kier molecular flexibility index (Phi) is 4.65. The van der Waals surface area contributed by atoms with Crippen molar-refractivity contribution in [2.75, 3.05) is 26.1 Å². The summed E-state index contributed by atoms with van der Waals surface area (Å²) in [6.07, 6.45) is 0. The van der Waals surface area contributed by atoms with E-state index < -0.39 is 11.9 Å². The van der Waals surface area contributed by atoms with Crippen LogP contribution in [0, 0.1) is 0 Å². The Labute approximate surface area is 102 Å². The summed E-state index contributed by atoms with van der Waals surface area (Å²) in [5.74, 6) is -0.884. The van der Waals surface area contributed by atoms with E-state index in [1.165, 1.54) is 20.3 Å². The number of ether oxygens (including phenoxy) is 2. The zero-order valence-corrected chi connectivity index (χ0v) is 9.95. The number of nitrogens with zero attached hydrogens (tertiary/aromatic N) is 2. The highest BCUT2D eigenvalue weighted by atomic mass is 35.5. The maximum Gasteiger partial charge on any atom is 0.356 e. The van der Waals surface area contributed by atoms with Crippen molar-refractivity contribution in [1.82, 2.24) is 9.97 Å². The number of esters is 2. The van der Waals surface area contributed by atoms with Crippen molar-refractivity contribution in [3.8, 4) is 0 Å². The summed E-state index contributed by atoms with van der Waals surface area (Å²) in [5, 5.41) is 2.51. The van der Waals surface area contributed by atoms with Crippen LogP contribution in [0.2, 0.25) is 5.28 Å². The van der Waals surface area contributed by atoms with E-state index in [1.807, 2.05) is 0 Å². The molecule has 17 heavy (non-hydrogen) atoms. The average Bonchev–Trinajstić information content (AvgIpc) is 2.34. The van der Waals surface area contributed by atoms with Gasteiger partial charge in [-0.3, -0.25) is 4.79 Å². The molecular formula is C9H10ClN3O4. The molecule has 1 aromatic rings. The summed E-state index contributed by atoms with van der Waals surface area (Å²) < 4.78 is 8.92. The van der Waals surface area contributed by atoms with Gasteiger partial charge in [-0.2, -0.15) is 0 Å². The van der Waals surface area contributed by atoms with Gasteiger partial charge in [-0.25, -0.2) is 14.8 Å². The Bertz CT molecular complexity index is 438. The minimum Gasteiger partial charge on any atom is -0.468 e. The fourth-order valence-electron chi connectivity index (χ4n) is 0.952. The van der Waals surface area contributed by atoms with E-state index in [2.05, 4.69) is 24.8 Å². The monoisotopic (exact) mass is 259 g/mol. The molecule has 1 N–H and O–H groups in total. The number of anilines is 1. The number of halogens is 1. The SMILES string of the molecule is COC(=O)CNc1cc(C(=O)OC)nc(Cl)n1. The third-order valence-electron chi connectivity index (χ3n) is 1.73. The van der Waals surface area contributed by atoms with Crippen LogP contribution >= 0.6 is 11.6 Å². The normalized spacial score (nSPS) is 9.59. The molecule has 7 nitrogen and oxygen atoms in total. The van der Waals surface area contributed by atoms with Crippen molar-refractivity contribution in [2.24, 2.45) is 0 Å². The number of rotatable bonds is 4. The molecule has 0 radical (unpaired) electrons. The van der Waals surface area contributed by atoms with Crippen LogP contribution in [0.15, 0.2) is 6.07 Å². The first kappa shape index (κ1) is 13.2. The first-order valence-corrected chi connectivity index (χ1v) is 4.88. The number of nitrogens with one attached hydrogen (secondary N) is 1. The number of aromatic nitrogens is 2. The van der Waals surface area contributed by atoms with Crippen LogP contribution in [0.5, 0.6) is 0 Å². The number of hydrogen-bond donors (Lipinski definition) is 1. The Morgan fingerprint density at radius 3 is 2.65 bits per heavy atom. The second-order valence-corrected chi connectivity index (χ2v) is 3.17. The molecule has 0 aliphatic carbocycles. The molecule has 0 saturated carbocycles.